The highest BCUT2D eigenvalue weighted by molar-refractivity contribution is 5.92. The first-order valence-corrected chi connectivity index (χ1v) is 12.3. The summed E-state index contributed by atoms with van der Waals surface area (Å²) in [7, 11) is 0. The van der Waals surface area contributed by atoms with Gasteiger partial charge in [0.15, 0.2) is 0 Å². The van der Waals surface area contributed by atoms with Crippen LogP contribution in [0.4, 0.5) is 4.79 Å². The molecule has 0 heterocycles. The van der Waals surface area contributed by atoms with Gasteiger partial charge in [-0.3, -0.25) is 9.59 Å². The lowest BCUT2D eigenvalue weighted by molar-refractivity contribution is -0.139. The van der Waals surface area contributed by atoms with E-state index < -0.39 is 36.0 Å². The van der Waals surface area contributed by atoms with Gasteiger partial charge in [-0.1, -0.05) is 46.0 Å². The van der Waals surface area contributed by atoms with Crippen LogP contribution in [0.5, 0.6) is 0 Å². The fourth-order valence-corrected chi connectivity index (χ4v) is 4.17. The Morgan fingerprint density at radius 3 is 2.12 bits per heavy atom. The summed E-state index contributed by atoms with van der Waals surface area (Å²) >= 11 is 0. The average Bonchev–Trinajstić information content (AvgIpc) is 2.76. The maximum atomic E-state index is 13.1. The van der Waals surface area contributed by atoms with Crippen molar-refractivity contribution in [1.82, 2.24) is 21.3 Å². The quantitative estimate of drug-likeness (QED) is 0.211. The molecular weight excluding hydrogens is 426 g/mol. The summed E-state index contributed by atoms with van der Waals surface area (Å²) in [5.74, 6) is -1.69. The minimum atomic E-state index is -1.13. The summed E-state index contributed by atoms with van der Waals surface area (Å²) in [5.41, 5.74) is 5.46. The molecule has 1 saturated carbocycles. The predicted octanol–water partition coefficient (Wildman–Crippen LogP) is 1.48. The number of nitrogens with one attached hydrogen (secondary N) is 4. The molecule has 4 amide bonds. The van der Waals surface area contributed by atoms with E-state index in [-0.39, 0.29) is 24.2 Å². The number of nitrogens with two attached hydrogens (primary N) is 1. The SMILES string of the molecule is CCNC(=O)[C@@H](NC(=O)[C@@H](CC1CCCCC1)NC(=O)N[C@@H](CCCCN)C(=O)O)C(C)C. The zero-order chi connectivity index (χ0) is 24.8. The number of unbranched alkanes of at least 4 members (excludes halogenated alkanes) is 1. The lowest BCUT2D eigenvalue weighted by Crippen LogP contribution is -2.58. The van der Waals surface area contributed by atoms with Crippen molar-refractivity contribution in [3.05, 3.63) is 0 Å². The molecule has 1 aliphatic rings. The van der Waals surface area contributed by atoms with Crippen molar-refractivity contribution >= 4 is 23.8 Å². The smallest absolute Gasteiger partial charge is 0.326 e. The van der Waals surface area contributed by atoms with Crippen LogP contribution < -0.4 is 27.0 Å². The summed E-state index contributed by atoms with van der Waals surface area (Å²) in [4.78, 5) is 49.7. The lowest BCUT2D eigenvalue weighted by atomic mass is 9.84. The van der Waals surface area contributed by atoms with Crippen LogP contribution in [0.2, 0.25) is 0 Å². The topological polar surface area (TPSA) is 163 Å². The monoisotopic (exact) mass is 469 g/mol. The summed E-state index contributed by atoms with van der Waals surface area (Å²) in [6.07, 6.45) is 7.23. The second kappa shape index (κ2) is 15.5. The molecular formula is C23H43N5O5. The highest BCUT2D eigenvalue weighted by Crippen LogP contribution is 2.27. The molecule has 10 nitrogen and oxygen atoms in total. The molecule has 3 atom stereocenters. The Labute approximate surface area is 197 Å². The van der Waals surface area contributed by atoms with E-state index in [9.17, 15) is 24.3 Å². The zero-order valence-electron chi connectivity index (χ0n) is 20.3. The molecule has 0 aromatic rings. The normalized spacial score (nSPS) is 17.0. The second-order valence-corrected chi connectivity index (χ2v) is 9.21. The van der Waals surface area contributed by atoms with Crippen molar-refractivity contribution < 1.29 is 24.3 Å². The molecule has 0 unspecified atom stereocenters. The third-order valence-electron chi connectivity index (χ3n) is 6.06. The van der Waals surface area contributed by atoms with E-state index in [1.165, 1.54) is 0 Å². The van der Waals surface area contributed by atoms with Gasteiger partial charge in [-0.15, -0.1) is 0 Å². The molecule has 7 N–H and O–H groups in total. The number of carboxylic acids is 1. The van der Waals surface area contributed by atoms with Gasteiger partial charge in [0.25, 0.3) is 0 Å². The van der Waals surface area contributed by atoms with Gasteiger partial charge in [-0.05, 0) is 51.0 Å². The van der Waals surface area contributed by atoms with Crippen molar-refractivity contribution in [2.75, 3.05) is 13.1 Å². The average molecular weight is 470 g/mol. The highest BCUT2D eigenvalue weighted by Gasteiger charge is 2.31. The molecule has 1 rings (SSSR count). The Morgan fingerprint density at radius 2 is 1.58 bits per heavy atom. The molecule has 1 aliphatic carbocycles. The fraction of sp³-hybridized carbons (Fsp3) is 0.826. The predicted molar refractivity (Wildman–Crippen MR) is 126 cm³/mol. The molecule has 0 bridgehead atoms. The molecule has 33 heavy (non-hydrogen) atoms. The summed E-state index contributed by atoms with van der Waals surface area (Å²) in [5, 5.41) is 20.1. The van der Waals surface area contributed by atoms with E-state index in [0.29, 0.717) is 32.4 Å². The Morgan fingerprint density at radius 1 is 0.939 bits per heavy atom. The first kappa shape index (κ1) is 28.7. The Bertz CT molecular complexity index is 637. The molecule has 0 spiro atoms. The fourth-order valence-electron chi connectivity index (χ4n) is 4.17. The maximum Gasteiger partial charge on any atom is 0.326 e. The first-order valence-electron chi connectivity index (χ1n) is 12.3. The molecule has 10 heteroatoms. The molecule has 0 aliphatic heterocycles. The number of likely N-dealkylation sites (N-methyl/N-ethyl adjacent to an activating group) is 1. The number of urea groups is 1. The summed E-state index contributed by atoms with van der Waals surface area (Å²) in [6, 6.07) is -3.35. The zero-order valence-corrected chi connectivity index (χ0v) is 20.3. The standard InChI is InChI=1S/C23H43N5O5/c1-4-25-21(30)19(15(2)3)28-20(29)18(14-16-10-6-5-7-11-16)27-23(33)26-17(22(31)32)12-8-9-13-24/h15-19H,4-14,24H2,1-3H3,(H,25,30)(H,28,29)(H,31,32)(H2,26,27,33)/t17-,18+,19-/m0/s1. The molecule has 0 radical (unpaired) electrons. The highest BCUT2D eigenvalue weighted by atomic mass is 16.4. The summed E-state index contributed by atoms with van der Waals surface area (Å²) in [6.45, 7) is 6.39. The van der Waals surface area contributed by atoms with E-state index in [2.05, 4.69) is 21.3 Å². The third-order valence-corrected chi connectivity index (χ3v) is 6.06. The number of hydrogen-bond acceptors (Lipinski definition) is 5. The van der Waals surface area contributed by atoms with Crippen LogP contribution >= 0.6 is 0 Å². The van der Waals surface area contributed by atoms with Crippen LogP contribution in [0.25, 0.3) is 0 Å². The van der Waals surface area contributed by atoms with Gasteiger partial charge in [0.1, 0.15) is 18.1 Å². The Kier molecular flexibility index (Phi) is 13.4. The van der Waals surface area contributed by atoms with Gasteiger partial charge in [-0.25, -0.2) is 9.59 Å². The molecule has 0 aromatic heterocycles. The minimum Gasteiger partial charge on any atom is -0.480 e. The van der Waals surface area contributed by atoms with Gasteiger partial charge in [0.05, 0.1) is 0 Å². The van der Waals surface area contributed by atoms with E-state index >= 15 is 0 Å². The first-order chi connectivity index (χ1) is 15.7. The van der Waals surface area contributed by atoms with Gasteiger partial charge in [0, 0.05) is 6.54 Å². The van der Waals surface area contributed by atoms with E-state index in [1.54, 1.807) is 6.92 Å². The summed E-state index contributed by atoms with van der Waals surface area (Å²) < 4.78 is 0. The molecule has 0 aromatic carbocycles. The Balaban J connectivity index is 2.88. The molecule has 1 fully saturated rings. The van der Waals surface area contributed by atoms with Crippen LogP contribution in [0.15, 0.2) is 0 Å². The van der Waals surface area contributed by atoms with Gasteiger partial charge in [0.2, 0.25) is 11.8 Å². The number of aliphatic carboxylic acids is 1. The maximum absolute atomic E-state index is 13.1. The number of carbonyl (C=O) groups is 4. The Hall–Kier alpha value is -2.36. The van der Waals surface area contributed by atoms with Crippen molar-refractivity contribution in [2.24, 2.45) is 17.6 Å². The number of amides is 4. The second-order valence-electron chi connectivity index (χ2n) is 9.21. The minimum absolute atomic E-state index is 0.136. The van der Waals surface area contributed by atoms with Crippen molar-refractivity contribution in [2.45, 2.75) is 96.7 Å². The number of hydrogen-bond donors (Lipinski definition) is 6. The van der Waals surface area contributed by atoms with E-state index in [1.807, 2.05) is 13.8 Å². The third kappa shape index (κ3) is 10.9. The number of carbonyl (C=O) groups excluding carboxylic acids is 3. The van der Waals surface area contributed by atoms with Gasteiger partial charge >= 0.3 is 12.0 Å². The lowest BCUT2D eigenvalue weighted by Gasteiger charge is -2.29. The van der Waals surface area contributed by atoms with Crippen LogP contribution in [0, 0.1) is 11.8 Å². The van der Waals surface area contributed by atoms with Crippen LogP contribution in [-0.4, -0.2) is 60.1 Å². The van der Waals surface area contributed by atoms with Crippen LogP contribution in [-0.2, 0) is 14.4 Å². The molecule has 190 valence electrons. The number of rotatable bonds is 14. The van der Waals surface area contributed by atoms with Crippen molar-refractivity contribution in [1.29, 1.82) is 0 Å². The van der Waals surface area contributed by atoms with Crippen molar-refractivity contribution in [3.8, 4) is 0 Å². The van der Waals surface area contributed by atoms with Crippen LogP contribution in [0.3, 0.4) is 0 Å². The number of carboxylic acid groups (broad SMARTS) is 1. The van der Waals surface area contributed by atoms with Gasteiger partial charge < -0.3 is 32.1 Å². The van der Waals surface area contributed by atoms with Crippen LogP contribution in [0.1, 0.15) is 78.6 Å². The van der Waals surface area contributed by atoms with Gasteiger partial charge in [-0.2, -0.15) is 0 Å². The largest absolute Gasteiger partial charge is 0.480 e. The van der Waals surface area contributed by atoms with E-state index in [0.717, 1.165) is 32.1 Å². The molecule has 0 saturated heterocycles. The van der Waals surface area contributed by atoms with Crippen molar-refractivity contribution in [3.63, 3.8) is 0 Å². The van der Waals surface area contributed by atoms with E-state index in [4.69, 9.17) is 5.73 Å².